The van der Waals surface area contributed by atoms with Gasteiger partial charge >= 0.3 is 0 Å². The molecule has 0 aliphatic carbocycles. The van der Waals surface area contributed by atoms with Crippen LogP contribution in [0.5, 0.6) is 0 Å². The summed E-state index contributed by atoms with van der Waals surface area (Å²) in [6.07, 6.45) is 0. The van der Waals surface area contributed by atoms with Crippen LogP contribution in [0.4, 0.5) is 0 Å². The van der Waals surface area contributed by atoms with Crippen molar-refractivity contribution in [3.63, 3.8) is 0 Å². The van der Waals surface area contributed by atoms with Crippen molar-refractivity contribution in [2.75, 3.05) is 0 Å². The Morgan fingerprint density at radius 3 is 2.82 bits per heavy atom. The van der Waals surface area contributed by atoms with E-state index in [0.29, 0.717) is 10.8 Å². The van der Waals surface area contributed by atoms with E-state index >= 15 is 0 Å². The number of benzene rings is 1. The summed E-state index contributed by atoms with van der Waals surface area (Å²) in [5.41, 5.74) is 1.75. The molecular formula is C13H13O3S-. The van der Waals surface area contributed by atoms with Gasteiger partial charge in [0.25, 0.3) is 0 Å². The van der Waals surface area contributed by atoms with Gasteiger partial charge in [0.05, 0.1) is 0 Å². The van der Waals surface area contributed by atoms with Crippen LogP contribution in [0.2, 0.25) is 0 Å². The SMILES string of the molecule is CC(C)SCc1ccc2oc(C(=O)[O-])cc2c1. The van der Waals surface area contributed by atoms with Gasteiger partial charge in [0.15, 0.2) is 5.76 Å². The number of hydrogen-bond donors (Lipinski definition) is 0. The van der Waals surface area contributed by atoms with Gasteiger partial charge in [0, 0.05) is 11.1 Å². The molecule has 0 saturated heterocycles. The average Bonchev–Trinajstić information content (AvgIpc) is 2.69. The van der Waals surface area contributed by atoms with Gasteiger partial charge in [-0.25, -0.2) is 0 Å². The Balaban J connectivity index is 2.27. The fourth-order valence-corrected chi connectivity index (χ4v) is 2.25. The van der Waals surface area contributed by atoms with Crippen molar-refractivity contribution in [1.29, 1.82) is 0 Å². The molecule has 17 heavy (non-hydrogen) atoms. The molecule has 2 aromatic rings. The van der Waals surface area contributed by atoms with E-state index in [1.54, 1.807) is 6.07 Å². The molecule has 0 spiro atoms. The first-order valence-corrected chi connectivity index (χ1v) is 6.46. The van der Waals surface area contributed by atoms with Crippen LogP contribution >= 0.6 is 11.8 Å². The molecule has 0 atom stereocenters. The number of carboxylic acids is 1. The zero-order chi connectivity index (χ0) is 12.4. The monoisotopic (exact) mass is 249 g/mol. The average molecular weight is 249 g/mol. The van der Waals surface area contributed by atoms with Crippen LogP contribution in [0.25, 0.3) is 11.0 Å². The fourth-order valence-electron chi connectivity index (χ4n) is 1.55. The minimum absolute atomic E-state index is 0.117. The van der Waals surface area contributed by atoms with Crippen molar-refractivity contribution < 1.29 is 14.3 Å². The number of fused-ring (bicyclic) bond motifs is 1. The molecule has 0 unspecified atom stereocenters. The van der Waals surface area contributed by atoms with Crippen molar-refractivity contribution in [1.82, 2.24) is 0 Å². The van der Waals surface area contributed by atoms with E-state index in [0.717, 1.165) is 11.1 Å². The van der Waals surface area contributed by atoms with Gasteiger partial charge in [-0.3, -0.25) is 0 Å². The maximum Gasteiger partial charge on any atom is 0.150 e. The lowest BCUT2D eigenvalue weighted by molar-refractivity contribution is -0.256. The van der Waals surface area contributed by atoms with Gasteiger partial charge in [0.2, 0.25) is 0 Å². The lowest BCUT2D eigenvalue weighted by atomic mass is 10.2. The highest BCUT2D eigenvalue weighted by Gasteiger charge is 2.05. The third-order valence-electron chi connectivity index (χ3n) is 2.37. The summed E-state index contributed by atoms with van der Waals surface area (Å²) in [7, 11) is 0. The van der Waals surface area contributed by atoms with E-state index in [2.05, 4.69) is 13.8 Å². The Kier molecular flexibility index (Phi) is 3.43. The fraction of sp³-hybridized carbons (Fsp3) is 0.308. The van der Waals surface area contributed by atoms with E-state index < -0.39 is 5.97 Å². The molecule has 0 amide bonds. The van der Waals surface area contributed by atoms with Gasteiger partial charge in [-0.1, -0.05) is 19.9 Å². The molecule has 0 saturated carbocycles. The Hall–Kier alpha value is -1.42. The smallest absolute Gasteiger partial charge is 0.150 e. The van der Waals surface area contributed by atoms with Crippen LogP contribution in [0.3, 0.4) is 0 Å². The zero-order valence-corrected chi connectivity index (χ0v) is 10.5. The van der Waals surface area contributed by atoms with Crippen molar-refractivity contribution in [2.24, 2.45) is 0 Å². The van der Waals surface area contributed by atoms with Gasteiger partial charge in [-0.2, -0.15) is 11.8 Å². The Labute approximate surface area is 104 Å². The van der Waals surface area contributed by atoms with Crippen molar-refractivity contribution in [2.45, 2.75) is 24.9 Å². The molecular weight excluding hydrogens is 236 g/mol. The second kappa shape index (κ2) is 4.84. The summed E-state index contributed by atoms with van der Waals surface area (Å²) in [6, 6.07) is 7.23. The molecule has 2 rings (SSSR count). The van der Waals surface area contributed by atoms with Gasteiger partial charge in [-0.05, 0) is 29.0 Å². The lowest BCUT2D eigenvalue weighted by Gasteiger charge is -2.04. The molecule has 1 aromatic heterocycles. The summed E-state index contributed by atoms with van der Waals surface area (Å²) >= 11 is 1.85. The van der Waals surface area contributed by atoms with Crippen molar-refractivity contribution >= 4 is 28.7 Å². The molecule has 0 fully saturated rings. The third-order valence-corrected chi connectivity index (χ3v) is 3.53. The highest BCUT2D eigenvalue weighted by atomic mass is 32.2. The Morgan fingerprint density at radius 1 is 1.41 bits per heavy atom. The molecule has 4 heteroatoms. The highest BCUT2D eigenvalue weighted by Crippen LogP contribution is 2.24. The summed E-state index contributed by atoms with van der Waals surface area (Å²) < 4.78 is 5.14. The lowest BCUT2D eigenvalue weighted by Crippen LogP contribution is -2.21. The molecule has 3 nitrogen and oxygen atoms in total. The largest absolute Gasteiger partial charge is 0.542 e. The topological polar surface area (TPSA) is 53.3 Å². The minimum atomic E-state index is -1.28. The molecule has 0 aliphatic heterocycles. The number of aromatic carboxylic acids is 1. The first-order chi connectivity index (χ1) is 8.06. The van der Waals surface area contributed by atoms with Crippen LogP contribution in [-0.4, -0.2) is 11.2 Å². The van der Waals surface area contributed by atoms with E-state index in [4.69, 9.17) is 4.42 Å². The number of thioether (sulfide) groups is 1. The van der Waals surface area contributed by atoms with Crippen molar-refractivity contribution in [3.05, 3.63) is 35.6 Å². The number of carbonyl (C=O) groups excluding carboxylic acids is 1. The van der Waals surface area contributed by atoms with E-state index in [1.165, 1.54) is 11.6 Å². The van der Waals surface area contributed by atoms with Gasteiger partial charge in [0.1, 0.15) is 11.6 Å². The molecule has 0 bridgehead atoms. The minimum Gasteiger partial charge on any atom is -0.542 e. The molecule has 0 radical (unpaired) electrons. The van der Waals surface area contributed by atoms with Gasteiger partial charge < -0.3 is 14.3 Å². The van der Waals surface area contributed by atoms with Crippen LogP contribution in [-0.2, 0) is 5.75 Å². The standard InChI is InChI=1S/C13H14O3S/c1-8(2)17-7-9-3-4-11-10(5-9)6-12(16-11)13(14)15/h3-6,8H,7H2,1-2H3,(H,14,15)/p-1. The maximum atomic E-state index is 10.7. The van der Waals surface area contributed by atoms with Crippen LogP contribution < -0.4 is 5.11 Å². The number of carbonyl (C=O) groups is 1. The summed E-state index contributed by atoms with van der Waals surface area (Å²) in [5.74, 6) is -0.479. The summed E-state index contributed by atoms with van der Waals surface area (Å²) in [6.45, 7) is 4.30. The normalized spacial score (nSPS) is 11.2. The first-order valence-electron chi connectivity index (χ1n) is 5.41. The number of carboxylic acid groups (broad SMARTS) is 1. The Morgan fingerprint density at radius 2 is 2.18 bits per heavy atom. The third kappa shape index (κ3) is 2.82. The summed E-state index contributed by atoms with van der Waals surface area (Å²) in [4.78, 5) is 10.7. The second-order valence-electron chi connectivity index (χ2n) is 4.13. The second-order valence-corrected chi connectivity index (χ2v) is 5.69. The zero-order valence-electron chi connectivity index (χ0n) is 9.73. The van der Waals surface area contributed by atoms with Gasteiger partial charge in [-0.15, -0.1) is 0 Å². The molecule has 1 aromatic carbocycles. The van der Waals surface area contributed by atoms with E-state index in [1.807, 2.05) is 23.9 Å². The number of furan rings is 1. The summed E-state index contributed by atoms with van der Waals surface area (Å²) in [5, 5.41) is 12.1. The number of hydrogen-bond acceptors (Lipinski definition) is 4. The predicted octanol–water partition coefficient (Wildman–Crippen LogP) is 2.44. The quantitative estimate of drug-likeness (QED) is 0.835. The maximum absolute atomic E-state index is 10.7. The molecule has 0 N–H and O–H groups in total. The molecule has 0 aliphatic rings. The number of rotatable bonds is 4. The van der Waals surface area contributed by atoms with Crippen LogP contribution in [0.15, 0.2) is 28.7 Å². The predicted molar refractivity (Wildman–Crippen MR) is 67.0 cm³/mol. The van der Waals surface area contributed by atoms with Crippen LogP contribution in [0.1, 0.15) is 30.0 Å². The highest BCUT2D eigenvalue weighted by molar-refractivity contribution is 7.99. The molecule has 1 heterocycles. The van der Waals surface area contributed by atoms with Crippen LogP contribution in [0, 0.1) is 0 Å². The Bertz CT molecular complexity index is 543. The van der Waals surface area contributed by atoms with Crippen molar-refractivity contribution in [3.8, 4) is 0 Å². The van der Waals surface area contributed by atoms with E-state index in [-0.39, 0.29) is 5.76 Å². The molecule has 90 valence electrons. The first kappa shape index (κ1) is 12.0. The van der Waals surface area contributed by atoms with E-state index in [9.17, 15) is 9.90 Å².